The van der Waals surface area contributed by atoms with Crippen molar-refractivity contribution in [3.8, 4) is 0 Å². The molecular weight excluding hydrogens is 236 g/mol. The summed E-state index contributed by atoms with van der Waals surface area (Å²) in [4.78, 5) is 0. The van der Waals surface area contributed by atoms with Crippen LogP contribution in [0.2, 0.25) is 0 Å². The van der Waals surface area contributed by atoms with E-state index in [9.17, 15) is 0 Å². The molecule has 76 valence electrons. The van der Waals surface area contributed by atoms with Crippen LogP contribution in [0.4, 0.5) is 0 Å². The van der Waals surface area contributed by atoms with Gasteiger partial charge in [-0.1, -0.05) is 15.9 Å². The van der Waals surface area contributed by atoms with Crippen LogP contribution in [0.5, 0.6) is 0 Å². The minimum atomic E-state index is -0.456. The van der Waals surface area contributed by atoms with E-state index in [2.05, 4.69) is 29.8 Å². The highest BCUT2D eigenvalue weighted by atomic mass is 79.9. The van der Waals surface area contributed by atoms with Crippen molar-refractivity contribution in [2.24, 2.45) is 0 Å². The van der Waals surface area contributed by atoms with Gasteiger partial charge in [-0.2, -0.15) is 0 Å². The summed E-state index contributed by atoms with van der Waals surface area (Å²) in [5.74, 6) is -0.456. The third kappa shape index (κ3) is 1.91. The van der Waals surface area contributed by atoms with E-state index in [4.69, 9.17) is 14.2 Å². The first-order valence-corrected chi connectivity index (χ1v) is 5.69. The molecule has 2 unspecified atom stereocenters. The van der Waals surface area contributed by atoms with Crippen molar-refractivity contribution < 1.29 is 14.2 Å². The highest BCUT2D eigenvalue weighted by molar-refractivity contribution is 9.09. The van der Waals surface area contributed by atoms with Crippen molar-refractivity contribution in [1.29, 1.82) is 0 Å². The molecule has 2 aliphatic heterocycles. The fourth-order valence-corrected chi connectivity index (χ4v) is 2.24. The molecule has 1 spiro atoms. The lowest BCUT2D eigenvalue weighted by molar-refractivity contribution is -0.162. The highest BCUT2D eigenvalue weighted by Gasteiger charge is 2.51. The summed E-state index contributed by atoms with van der Waals surface area (Å²) in [5.41, 5.74) is -0.110. The van der Waals surface area contributed by atoms with E-state index in [1.807, 2.05) is 0 Å². The molecule has 3 nitrogen and oxygen atoms in total. The second-order valence-corrected chi connectivity index (χ2v) is 4.99. The van der Waals surface area contributed by atoms with Gasteiger partial charge in [0, 0.05) is 11.8 Å². The summed E-state index contributed by atoms with van der Waals surface area (Å²) in [6, 6.07) is 0. The molecule has 0 saturated carbocycles. The van der Waals surface area contributed by atoms with Gasteiger partial charge < -0.3 is 14.2 Å². The van der Waals surface area contributed by atoms with Crippen LogP contribution >= 0.6 is 15.9 Å². The first-order chi connectivity index (χ1) is 6.05. The zero-order valence-corrected chi connectivity index (χ0v) is 9.59. The number of hydrogen-bond donors (Lipinski definition) is 0. The minimum Gasteiger partial charge on any atom is -0.370 e. The van der Waals surface area contributed by atoms with E-state index in [-0.39, 0.29) is 11.7 Å². The van der Waals surface area contributed by atoms with E-state index < -0.39 is 5.79 Å². The third-order valence-corrected chi connectivity index (χ3v) is 3.19. The lowest BCUT2D eigenvalue weighted by Crippen LogP contribution is -2.32. The summed E-state index contributed by atoms with van der Waals surface area (Å²) in [6.45, 7) is 5.36. The van der Waals surface area contributed by atoms with Gasteiger partial charge in [-0.3, -0.25) is 0 Å². The van der Waals surface area contributed by atoms with Crippen LogP contribution in [-0.4, -0.2) is 36.0 Å². The standard InChI is InChI=1S/C9H15BrO3/c1-8(2)5-9(6-12-8)11-4-7(3-10)13-9/h7H,3-6H2,1-2H3. The van der Waals surface area contributed by atoms with Gasteiger partial charge in [0.25, 0.3) is 0 Å². The Morgan fingerprint density at radius 3 is 2.62 bits per heavy atom. The average molecular weight is 251 g/mol. The molecule has 0 radical (unpaired) electrons. The summed E-state index contributed by atoms with van der Waals surface area (Å²) in [5, 5.41) is 0.829. The zero-order valence-electron chi connectivity index (χ0n) is 8.01. The summed E-state index contributed by atoms with van der Waals surface area (Å²) in [7, 11) is 0. The Morgan fingerprint density at radius 2 is 2.15 bits per heavy atom. The molecule has 2 rings (SSSR count). The van der Waals surface area contributed by atoms with Crippen LogP contribution in [0.15, 0.2) is 0 Å². The molecule has 0 aliphatic carbocycles. The molecule has 2 heterocycles. The summed E-state index contributed by atoms with van der Waals surface area (Å²) >= 11 is 3.39. The maximum Gasteiger partial charge on any atom is 0.195 e. The Morgan fingerprint density at radius 1 is 1.38 bits per heavy atom. The largest absolute Gasteiger partial charge is 0.370 e. The predicted molar refractivity (Wildman–Crippen MR) is 52.0 cm³/mol. The number of halogens is 1. The lowest BCUT2D eigenvalue weighted by atomic mass is 10.0. The second-order valence-electron chi connectivity index (χ2n) is 4.34. The van der Waals surface area contributed by atoms with Gasteiger partial charge in [-0.15, -0.1) is 0 Å². The van der Waals surface area contributed by atoms with Gasteiger partial charge in [-0.05, 0) is 13.8 Å². The first-order valence-electron chi connectivity index (χ1n) is 4.57. The molecule has 0 aromatic carbocycles. The molecule has 2 fully saturated rings. The molecule has 0 N–H and O–H groups in total. The Kier molecular flexibility index (Phi) is 2.43. The monoisotopic (exact) mass is 250 g/mol. The van der Waals surface area contributed by atoms with Gasteiger partial charge in [-0.25, -0.2) is 0 Å². The fraction of sp³-hybridized carbons (Fsp3) is 1.00. The average Bonchev–Trinajstić information content (AvgIpc) is 2.57. The predicted octanol–water partition coefficient (Wildman–Crippen LogP) is 1.69. The Bertz CT molecular complexity index is 207. The van der Waals surface area contributed by atoms with Crippen molar-refractivity contribution in [2.45, 2.75) is 37.8 Å². The molecule has 2 atom stereocenters. The van der Waals surface area contributed by atoms with Gasteiger partial charge >= 0.3 is 0 Å². The highest BCUT2D eigenvalue weighted by Crippen LogP contribution is 2.40. The fourth-order valence-electron chi connectivity index (χ4n) is 1.92. The van der Waals surface area contributed by atoms with Crippen molar-refractivity contribution in [3.63, 3.8) is 0 Å². The van der Waals surface area contributed by atoms with Crippen LogP contribution in [0.25, 0.3) is 0 Å². The molecular formula is C9H15BrO3. The van der Waals surface area contributed by atoms with E-state index in [1.54, 1.807) is 0 Å². The van der Waals surface area contributed by atoms with Gasteiger partial charge in [0.1, 0.15) is 6.61 Å². The minimum absolute atomic E-state index is 0.110. The Hall–Kier alpha value is 0.360. The van der Waals surface area contributed by atoms with E-state index in [0.717, 1.165) is 11.8 Å². The first kappa shape index (κ1) is 9.90. The number of alkyl halides is 1. The summed E-state index contributed by atoms with van der Waals surface area (Å²) in [6.07, 6.45) is 1.00. The van der Waals surface area contributed by atoms with Crippen molar-refractivity contribution in [2.75, 3.05) is 18.5 Å². The van der Waals surface area contributed by atoms with Crippen molar-refractivity contribution in [3.05, 3.63) is 0 Å². The van der Waals surface area contributed by atoms with Crippen LogP contribution in [-0.2, 0) is 14.2 Å². The topological polar surface area (TPSA) is 27.7 Å². The number of hydrogen-bond acceptors (Lipinski definition) is 3. The summed E-state index contributed by atoms with van der Waals surface area (Å²) < 4.78 is 17.1. The maximum absolute atomic E-state index is 5.80. The Labute approximate surface area is 86.9 Å². The number of ether oxygens (including phenoxy) is 3. The van der Waals surface area contributed by atoms with Crippen LogP contribution in [0.3, 0.4) is 0 Å². The van der Waals surface area contributed by atoms with E-state index in [0.29, 0.717) is 13.2 Å². The van der Waals surface area contributed by atoms with Crippen LogP contribution in [0.1, 0.15) is 20.3 Å². The molecule has 2 aliphatic rings. The van der Waals surface area contributed by atoms with Gasteiger partial charge in [0.05, 0.1) is 18.3 Å². The second kappa shape index (κ2) is 3.19. The van der Waals surface area contributed by atoms with Gasteiger partial charge in [0.2, 0.25) is 0 Å². The third-order valence-electron chi connectivity index (χ3n) is 2.46. The smallest absolute Gasteiger partial charge is 0.195 e. The Balaban J connectivity index is 2.01. The molecule has 0 aromatic rings. The van der Waals surface area contributed by atoms with E-state index >= 15 is 0 Å². The zero-order chi connectivity index (χ0) is 9.53. The molecule has 0 aromatic heterocycles. The lowest BCUT2D eigenvalue weighted by Gasteiger charge is -2.21. The SMILES string of the molecule is CC1(C)CC2(CO1)OCC(CBr)O2. The molecule has 4 heteroatoms. The van der Waals surface area contributed by atoms with Crippen LogP contribution in [0, 0.1) is 0 Å². The molecule has 13 heavy (non-hydrogen) atoms. The van der Waals surface area contributed by atoms with Gasteiger partial charge in [0.15, 0.2) is 5.79 Å². The molecule has 0 amide bonds. The molecule has 0 bridgehead atoms. The van der Waals surface area contributed by atoms with Crippen molar-refractivity contribution in [1.82, 2.24) is 0 Å². The number of rotatable bonds is 1. The van der Waals surface area contributed by atoms with Crippen LogP contribution < -0.4 is 0 Å². The quantitative estimate of drug-likeness (QED) is 0.664. The van der Waals surface area contributed by atoms with E-state index in [1.165, 1.54) is 0 Å². The molecule has 2 saturated heterocycles. The normalized spacial score (nSPS) is 43.2. The van der Waals surface area contributed by atoms with Crippen molar-refractivity contribution >= 4 is 15.9 Å². The maximum atomic E-state index is 5.80.